The molecule has 1 aromatic rings. The summed E-state index contributed by atoms with van der Waals surface area (Å²) < 4.78 is 15.5. The van der Waals surface area contributed by atoms with Gasteiger partial charge in [0.25, 0.3) is 5.60 Å². The fourth-order valence-corrected chi connectivity index (χ4v) is 2.30. The lowest BCUT2D eigenvalue weighted by molar-refractivity contribution is -0.386. The second-order valence-corrected chi connectivity index (χ2v) is 5.65. The number of nitrogens with zero attached hydrogens (tertiary/aromatic N) is 1. The average molecular weight is 353 g/mol. The zero-order valence-electron chi connectivity index (χ0n) is 15.3. The van der Waals surface area contributed by atoms with Crippen LogP contribution in [0.2, 0.25) is 0 Å². The van der Waals surface area contributed by atoms with E-state index in [4.69, 9.17) is 14.2 Å². The topological polar surface area (TPSA) is 105 Å². The number of ether oxygens (including phenoxy) is 3. The molecule has 0 heterocycles. The number of hydrogen-bond acceptors (Lipinski definition) is 7. The maximum atomic E-state index is 12.3. The zero-order chi connectivity index (χ0) is 19.4. The van der Waals surface area contributed by atoms with Crippen LogP contribution < -0.4 is 4.74 Å². The molecule has 0 radical (unpaired) electrons. The molecule has 1 rings (SSSR count). The summed E-state index contributed by atoms with van der Waals surface area (Å²) in [6.45, 7) is 9.31. The number of aryl methyl sites for hydroxylation is 2. The van der Waals surface area contributed by atoms with Gasteiger partial charge in [-0.3, -0.25) is 10.1 Å². The Hall–Kier alpha value is -2.64. The molecule has 0 atom stereocenters. The van der Waals surface area contributed by atoms with E-state index in [1.807, 2.05) is 0 Å². The molecule has 0 spiro atoms. The van der Waals surface area contributed by atoms with E-state index in [1.54, 1.807) is 40.7 Å². The molecule has 0 N–H and O–H groups in total. The predicted octanol–water partition coefficient (Wildman–Crippen LogP) is 2.78. The molecule has 8 nitrogen and oxygen atoms in total. The van der Waals surface area contributed by atoms with Crippen LogP contribution in [0.5, 0.6) is 5.75 Å². The van der Waals surface area contributed by atoms with E-state index in [2.05, 4.69) is 0 Å². The molecule has 0 bridgehead atoms. The number of nitro groups is 1. The highest BCUT2D eigenvalue weighted by Crippen LogP contribution is 2.38. The van der Waals surface area contributed by atoms with E-state index in [1.165, 1.54) is 6.92 Å². The summed E-state index contributed by atoms with van der Waals surface area (Å²) in [7, 11) is 0. The van der Waals surface area contributed by atoms with Crippen molar-refractivity contribution in [2.45, 2.75) is 47.1 Å². The fourth-order valence-electron chi connectivity index (χ4n) is 2.30. The van der Waals surface area contributed by atoms with Crippen molar-refractivity contribution in [1.82, 2.24) is 0 Å². The molecule has 0 aromatic heterocycles. The zero-order valence-corrected chi connectivity index (χ0v) is 15.3. The van der Waals surface area contributed by atoms with E-state index in [0.717, 1.165) is 5.56 Å². The summed E-state index contributed by atoms with van der Waals surface area (Å²) in [5.41, 5.74) is -0.909. The molecule has 0 saturated carbocycles. The van der Waals surface area contributed by atoms with Crippen LogP contribution in [0, 0.1) is 30.9 Å². The maximum Gasteiger partial charge on any atom is 0.362 e. The second-order valence-electron chi connectivity index (χ2n) is 5.65. The first kappa shape index (κ1) is 20.4. The number of benzene rings is 1. The Morgan fingerprint density at radius 3 is 1.96 bits per heavy atom. The largest absolute Gasteiger partial charge is 0.463 e. The normalized spacial score (nSPS) is 11.0. The molecule has 0 fully saturated rings. The van der Waals surface area contributed by atoms with Crippen molar-refractivity contribution in [2.24, 2.45) is 0 Å². The Morgan fingerprint density at radius 2 is 1.56 bits per heavy atom. The molecule has 25 heavy (non-hydrogen) atoms. The van der Waals surface area contributed by atoms with E-state index < -0.39 is 22.5 Å². The highest BCUT2D eigenvalue weighted by Gasteiger charge is 2.49. The smallest absolute Gasteiger partial charge is 0.362 e. The van der Waals surface area contributed by atoms with Crippen molar-refractivity contribution in [3.63, 3.8) is 0 Å². The van der Waals surface area contributed by atoms with Crippen LogP contribution in [0.3, 0.4) is 0 Å². The molecule has 138 valence electrons. The van der Waals surface area contributed by atoms with Crippen LogP contribution in [0.4, 0.5) is 5.69 Å². The Kier molecular flexibility index (Phi) is 6.49. The lowest BCUT2D eigenvalue weighted by Gasteiger charge is -2.27. The molecular formula is C17H23NO7. The third-order valence-corrected chi connectivity index (χ3v) is 3.77. The molecular weight excluding hydrogens is 330 g/mol. The minimum atomic E-state index is -2.15. The van der Waals surface area contributed by atoms with Crippen molar-refractivity contribution in [3.8, 4) is 5.75 Å². The Bertz CT molecular complexity index is 679. The summed E-state index contributed by atoms with van der Waals surface area (Å²) in [4.78, 5) is 35.5. The highest BCUT2D eigenvalue weighted by molar-refractivity contribution is 6.03. The van der Waals surface area contributed by atoms with E-state index in [0.29, 0.717) is 11.1 Å². The van der Waals surface area contributed by atoms with Gasteiger partial charge in [0.05, 0.1) is 18.1 Å². The number of nitro benzene ring substituents is 1. The van der Waals surface area contributed by atoms with Gasteiger partial charge >= 0.3 is 17.6 Å². The summed E-state index contributed by atoms with van der Waals surface area (Å²) in [5, 5.41) is 11.5. The number of rotatable bonds is 7. The molecule has 0 unspecified atom stereocenters. The average Bonchev–Trinajstić information content (AvgIpc) is 2.52. The first-order valence-corrected chi connectivity index (χ1v) is 7.88. The minimum Gasteiger partial charge on any atom is -0.463 e. The number of esters is 2. The maximum absolute atomic E-state index is 12.3. The summed E-state index contributed by atoms with van der Waals surface area (Å²) in [5.74, 6) is -2.09. The van der Waals surface area contributed by atoms with Gasteiger partial charge in [0, 0.05) is 11.1 Å². The predicted molar refractivity (Wildman–Crippen MR) is 89.6 cm³/mol. The summed E-state index contributed by atoms with van der Waals surface area (Å²) >= 11 is 0. The number of hydrogen-bond donors (Lipinski definition) is 0. The molecule has 0 aliphatic carbocycles. The number of carbonyl (C=O) groups excluding carboxylic acids is 2. The second kappa shape index (κ2) is 7.96. The SMILES string of the molecule is CCOC(=O)C(C)(Oc1c(C)c(C)cc(C)c1[N+](=O)[O-])C(=O)OCC. The molecule has 1 aromatic carbocycles. The molecule has 8 heteroatoms. The first-order chi connectivity index (χ1) is 11.6. The van der Waals surface area contributed by atoms with Crippen LogP contribution in [-0.4, -0.2) is 35.7 Å². The van der Waals surface area contributed by atoms with Crippen LogP contribution in [-0.2, 0) is 19.1 Å². The van der Waals surface area contributed by atoms with Crippen molar-refractivity contribution in [1.29, 1.82) is 0 Å². The van der Waals surface area contributed by atoms with Gasteiger partial charge in [0.15, 0.2) is 0 Å². The van der Waals surface area contributed by atoms with Gasteiger partial charge in [-0.15, -0.1) is 0 Å². The van der Waals surface area contributed by atoms with Gasteiger partial charge in [-0.25, -0.2) is 9.59 Å². The Balaban J connectivity index is 3.55. The van der Waals surface area contributed by atoms with Crippen LogP contribution in [0.1, 0.15) is 37.5 Å². The third-order valence-electron chi connectivity index (χ3n) is 3.77. The van der Waals surface area contributed by atoms with Gasteiger partial charge < -0.3 is 14.2 Å². The Labute approximate surface area is 146 Å². The van der Waals surface area contributed by atoms with Gasteiger partial charge in [-0.1, -0.05) is 0 Å². The standard InChI is InChI=1S/C17H23NO7/c1-7-23-15(19)17(6,16(20)24-8-2)25-14-12(5)10(3)9-11(4)13(14)18(21)22/h9H,7-8H2,1-6H3. The van der Waals surface area contributed by atoms with Crippen LogP contribution >= 0.6 is 0 Å². The summed E-state index contributed by atoms with van der Waals surface area (Å²) in [6.07, 6.45) is 0. The molecule has 0 aliphatic rings. The molecule has 0 aliphatic heterocycles. The number of carbonyl (C=O) groups is 2. The quantitative estimate of drug-likeness (QED) is 0.321. The first-order valence-electron chi connectivity index (χ1n) is 7.88. The third kappa shape index (κ3) is 4.07. The summed E-state index contributed by atoms with van der Waals surface area (Å²) in [6, 6.07) is 1.65. The minimum absolute atomic E-state index is 0.0190. The fraction of sp³-hybridized carbons (Fsp3) is 0.529. The van der Waals surface area contributed by atoms with Crippen molar-refractivity contribution >= 4 is 17.6 Å². The van der Waals surface area contributed by atoms with Gasteiger partial charge in [0.2, 0.25) is 5.75 Å². The molecule has 0 amide bonds. The highest BCUT2D eigenvalue weighted by atomic mass is 16.6. The van der Waals surface area contributed by atoms with Gasteiger partial charge in [-0.05, 0) is 53.2 Å². The monoisotopic (exact) mass is 353 g/mol. The van der Waals surface area contributed by atoms with Crippen molar-refractivity contribution in [2.75, 3.05) is 13.2 Å². The van der Waals surface area contributed by atoms with E-state index >= 15 is 0 Å². The van der Waals surface area contributed by atoms with Gasteiger partial charge in [0.1, 0.15) is 0 Å². The van der Waals surface area contributed by atoms with Crippen molar-refractivity contribution in [3.05, 3.63) is 32.9 Å². The lowest BCUT2D eigenvalue weighted by atomic mass is 10.0. The Morgan fingerprint density at radius 1 is 1.08 bits per heavy atom. The van der Waals surface area contributed by atoms with Crippen LogP contribution in [0.25, 0.3) is 0 Å². The van der Waals surface area contributed by atoms with E-state index in [9.17, 15) is 19.7 Å². The van der Waals surface area contributed by atoms with Crippen molar-refractivity contribution < 1.29 is 28.7 Å². The molecule has 0 saturated heterocycles. The lowest BCUT2D eigenvalue weighted by Crippen LogP contribution is -2.51. The van der Waals surface area contributed by atoms with Crippen LogP contribution in [0.15, 0.2) is 6.07 Å². The van der Waals surface area contributed by atoms with Gasteiger partial charge in [-0.2, -0.15) is 0 Å². The van der Waals surface area contributed by atoms with E-state index in [-0.39, 0.29) is 24.7 Å².